The summed E-state index contributed by atoms with van der Waals surface area (Å²) in [6.45, 7) is 1.72. The van der Waals surface area contributed by atoms with Crippen molar-refractivity contribution in [3.63, 3.8) is 0 Å². The van der Waals surface area contributed by atoms with E-state index < -0.39 is 11.0 Å². The lowest BCUT2D eigenvalue weighted by molar-refractivity contribution is 0.0633. The van der Waals surface area contributed by atoms with Gasteiger partial charge in [0, 0.05) is 24.6 Å². The van der Waals surface area contributed by atoms with E-state index in [-0.39, 0.29) is 17.7 Å². The highest BCUT2D eigenvalue weighted by molar-refractivity contribution is 8.24. The second kappa shape index (κ2) is 8.66. The third-order valence-electron chi connectivity index (χ3n) is 5.37. The third-order valence-corrected chi connectivity index (χ3v) is 6.32. The number of anilines is 1. The molecule has 2 aliphatic heterocycles. The molecule has 2 aliphatic rings. The highest BCUT2D eigenvalue weighted by atomic mass is 32.3. The molecule has 2 aromatic carbocycles. The largest absolute Gasteiger partial charge is 0.497 e. The molecule has 4 rings (SSSR count). The molecule has 0 radical (unpaired) electrons. The number of nitrogens with zero attached hydrogens (tertiary/aromatic N) is 2. The Morgan fingerprint density at radius 1 is 1.29 bits per heavy atom. The predicted molar refractivity (Wildman–Crippen MR) is 121 cm³/mol. The van der Waals surface area contributed by atoms with E-state index in [0.717, 1.165) is 12.8 Å². The Bertz CT molecular complexity index is 996. The number of hydrogen-bond donors (Lipinski definition) is 4. The SMILES string of the molecule is COc1ccc(C(=O)N2CCC[C@H](COc3cccc4c3C(N)=NS(O)(O)N4)C2)cc1. The fraction of sp³-hybridized carbons (Fsp3) is 0.333. The van der Waals surface area contributed by atoms with Gasteiger partial charge in [0.1, 0.15) is 11.5 Å². The highest BCUT2D eigenvalue weighted by Gasteiger charge is 2.28. The molecule has 2 aromatic rings. The van der Waals surface area contributed by atoms with E-state index >= 15 is 0 Å². The molecule has 1 amide bonds. The smallest absolute Gasteiger partial charge is 0.253 e. The van der Waals surface area contributed by atoms with E-state index in [9.17, 15) is 13.9 Å². The van der Waals surface area contributed by atoms with Gasteiger partial charge in [-0.3, -0.25) is 18.6 Å². The van der Waals surface area contributed by atoms with Gasteiger partial charge in [0.25, 0.3) is 5.91 Å². The first-order chi connectivity index (χ1) is 14.9. The van der Waals surface area contributed by atoms with Crippen molar-refractivity contribution in [1.29, 1.82) is 0 Å². The number of rotatable bonds is 5. The predicted octanol–water partition coefficient (Wildman–Crippen LogP) is 3.34. The maximum atomic E-state index is 12.9. The minimum atomic E-state index is -3.34. The first-order valence-corrected chi connectivity index (χ1v) is 11.5. The van der Waals surface area contributed by atoms with Crippen molar-refractivity contribution >= 4 is 28.4 Å². The number of hydrogen-bond acceptors (Lipinski definition) is 8. The average Bonchev–Trinajstić information content (AvgIpc) is 2.76. The summed E-state index contributed by atoms with van der Waals surface area (Å²) in [7, 11) is -1.75. The number of likely N-dealkylation sites (tertiary alicyclic amines) is 1. The number of fused-ring (bicyclic) bond motifs is 1. The van der Waals surface area contributed by atoms with E-state index in [1.807, 2.05) is 4.90 Å². The molecule has 166 valence electrons. The molecular weight excluding hydrogens is 420 g/mol. The molecule has 9 nitrogen and oxygen atoms in total. The van der Waals surface area contributed by atoms with Gasteiger partial charge in [-0.05, 0) is 60.2 Å². The number of nitrogens with two attached hydrogens (primary N) is 1. The van der Waals surface area contributed by atoms with Gasteiger partial charge in [0.05, 0.1) is 25.0 Å². The monoisotopic (exact) mass is 446 g/mol. The van der Waals surface area contributed by atoms with Crippen LogP contribution >= 0.6 is 11.0 Å². The van der Waals surface area contributed by atoms with Crippen LogP contribution in [0.3, 0.4) is 0 Å². The van der Waals surface area contributed by atoms with Crippen molar-refractivity contribution in [3.8, 4) is 11.5 Å². The number of carbonyl (C=O) groups excluding carboxylic acids is 1. The number of benzene rings is 2. The van der Waals surface area contributed by atoms with Crippen LogP contribution in [0.4, 0.5) is 5.69 Å². The number of methoxy groups -OCH3 is 1. The Morgan fingerprint density at radius 2 is 2.06 bits per heavy atom. The number of nitrogens with one attached hydrogen (secondary N) is 1. The molecule has 2 heterocycles. The molecular formula is C21H26N4O5S. The Labute approximate surface area is 182 Å². The molecule has 0 spiro atoms. The molecule has 31 heavy (non-hydrogen) atoms. The molecule has 0 aliphatic carbocycles. The van der Waals surface area contributed by atoms with Crippen LogP contribution < -0.4 is 19.9 Å². The third kappa shape index (κ3) is 4.71. The lowest BCUT2D eigenvalue weighted by Crippen LogP contribution is -2.41. The fourth-order valence-corrected chi connectivity index (χ4v) is 4.74. The Balaban J connectivity index is 1.41. The minimum absolute atomic E-state index is 0.00442. The second-order valence-corrected chi connectivity index (χ2v) is 9.00. The van der Waals surface area contributed by atoms with Crippen molar-refractivity contribution in [2.24, 2.45) is 16.0 Å². The fourth-order valence-electron chi connectivity index (χ4n) is 3.86. The summed E-state index contributed by atoms with van der Waals surface area (Å²) in [5, 5.41) is 0. The molecule has 0 aromatic heterocycles. The van der Waals surface area contributed by atoms with Gasteiger partial charge < -0.3 is 20.1 Å². The maximum Gasteiger partial charge on any atom is 0.253 e. The van der Waals surface area contributed by atoms with Gasteiger partial charge >= 0.3 is 0 Å². The van der Waals surface area contributed by atoms with Crippen molar-refractivity contribution in [3.05, 3.63) is 53.6 Å². The summed E-state index contributed by atoms with van der Waals surface area (Å²) < 4.78 is 37.1. The number of ether oxygens (including phenoxy) is 2. The lowest BCUT2D eigenvalue weighted by Gasteiger charge is -2.34. The molecule has 0 unspecified atom stereocenters. The van der Waals surface area contributed by atoms with E-state index in [2.05, 4.69) is 9.12 Å². The van der Waals surface area contributed by atoms with E-state index in [0.29, 0.717) is 48.0 Å². The summed E-state index contributed by atoms with van der Waals surface area (Å²) in [6.07, 6.45) is 1.85. The number of piperidine rings is 1. The van der Waals surface area contributed by atoms with Crippen molar-refractivity contribution in [2.75, 3.05) is 31.5 Å². The summed E-state index contributed by atoms with van der Waals surface area (Å²) >= 11 is 0. The van der Waals surface area contributed by atoms with E-state index in [4.69, 9.17) is 15.2 Å². The molecule has 1 saturated heterocycles. The Kier molecular flexibility index (Phi) is 5.94. The summed E-state index contributed by atoms with van der Waals surface area (Å²) in [5.41, 5.74) is 7.55. The van der Waals surface area contributed by atoms with Gasteiger partial charge in [0.2, 0.25) is 0 Å². The van der Waals surface area contributed by atoms with Crippen LogP contribution in [0.25, 0.3) is 0 Å². The minimum Gasteiger partial charge on any atom is -0.497 e. The summed E-state index contributed by atoms with van der Waals surface area (Å²) in [5.74, 6) is 1.41. The van der Waals surface area contributed by atoms with Crippen molar-refractivity contribution in [2.45, 2.75) is 12.8 Å². The van der Waals surface area contributed by atoms with Gasteiger partial charge in [-0.15, -0.1) is 4.40 Å². The normalized spacial score (nSPS) is 20.7. The average molecular weight is 447 g/mol. The number of amides is 1. The van der Waals surface area contributed by atoms with Crippen molar-refractivity contribution < 1.29 is 23.4 Å². The van der Waals surface area contributed by atoms with Crippen LogP contribution in [0.15, 0.2) is 46.9 Å². The van der Waals surface area contributed by atoms with Crippen LogP contribution in [-0.4, -0.2) is 52.6 Å². The first-order valence-electron chi connectivity index (χ1n) is 9.97. The Hall–Kier alpha value is -2.95. The van der Waals surface area contributed by atoms with Gasteiger partial charge in [-0.1, -0.05) is 6.07 Å². The molecule has 10 heteroatoms. The van der Waals surface area contributed by atoms with Gasteiger partial charge in [-0.25, -0.2) is 0 Å². The number of carbonyl (C=O) groups is 1. The van der Waals surface area contributed by atoms with Crippen molar-refractivity contribution in [1.82, 2.24) is 4.90 Å². The lowest BCUT2D eigenvalue weighted by atomic mass is 9.98. The molecule has 5 N–H and O–H groups in total. The van der Waals surface area contributed by atoms with Crippen LogP contribution in [0.2, 0.25) is 0 Å². The zero-order chi connectivity index (χ0) is 22.0. The second-order valence-electron chi connectivity index (χ2n) is 7.58. The van der Waals surface area contributed by atoms with Crippen LogP contribution in [0.1, 0.15) is 28.8 Å². The quantitative estimate of drug-likeness (QED) is 0.554. The van der Waals surface area contributed by atoms with Crippen LogP contribution in [0, 0.1) is 5.92 Å². The van der Waals surface area contributed by atoms with Gasteiger partial charge in [-0.2, -0.15) is 0 Å². The summed E-state index contributed by atoms with van der Waals surface area (Å²) in [4.78, 5) is 14.7. The summed E-state index contributed by atoms with van der Waals surface area (Å²) in [6, 6.07) is 12.3. The van der Waals surface area contributed by atoms with E-state index in [1.165, 1.54) is 0 Å². The molecule has 0 bridgehead atoms. The molecule has 1 fully saturated rings. The standard InChI is InChI=1S/C21H26N4O5S/c1-29-16-9-7-15(8-10-16)21(26)25-11-3-4-14(12-25)13-30-18-6-2-5-17-19(18)20(22)24-31(27,28)23-17/h2,5-10,14,23,27-28H,3-4,11-13H2,1H3,(H2,22,24)/t14-/m0/s1. The molecule has 0 saturated carbocycles. The highest BCUT2D eigenvalue weighted by Crippen LogP contribution is 2.46. The topological polar surface area (TPSA) is 130 Å². The maximum absolute atomic E-state index is 12.9. The Morgan fingerprint density at radius 3 is 2.81 bits per heavy atom. The van der Waals surface area contributed by atoms with Gasteiger partial charge in [0.15, 0.2) is 5.84 Å². The van der Waals surface area contributed by atoms with E-state index in [1.54, 1.807) is 49.6 Å². The first kappa shape index (κ1) is 21.3. The van der Waals surface area contributed by atoms with Crippen LogP contribution in [0.5, 0.6) is 11.5 Å². The number of amidine groups is 1. The zero-order valence-corrected chi connectivity index (χ0v) is 18.0. The zero-order valence-electron chi connectivity index (χ0n) is 17.2. The van der Waals surface area contributed by atoms with Crippen LogP contribution in [-0.2, 0) is 0 Å². The molecule has 1 atom stereocenters.